The third-order valence-corrected chi connectivity index (χ3v) is 5.84. The highest BCUT2D eigenvalue weighted by atomic mass is 79.9. The zero-order chi connectivity index (χ0) is 18.4. The van der Waals surface area contributed by atoms with Gasteiger partial charge in [-0.25, -0.2) is 4.79 Å². The number of nitrogens with one attached hydrogen (secondary N) is 2. The topological polar surface area (TPSA) is 61.4 Å². The lowest BCUT2D eigenvalue weighted by Gasteiger charge is -2.34. The number of urea groups is 1. The average Bonchev–Trinajstić information content (AvgIpc) is 2.59. The fourth-order valence-electron chi connectivity index (χ4n) is 3.08. The zero-order valence-electron chi connectivity index (χ0n) is 14.6. The lowest BCUT2D eigenvalue weighted by Crippen LogP contribution is -2.48. The van der Waals surface area contributed by atoms with Crippen LogP contribution in [0.25, 0.3) is 0 Å². The predicted octanol–water partition coefficient (Wildman–Crippen LogP) is 4.76. The Balaban J connectivity index is 1.82. The van der Waals surface area contributed by atoms with Gasteiger partial charge in [0.2, 0.25) is 5.91 Å². The summed E-state index contributed by atoms with van der Waals surface area (Å²) in [6, 6.07) is 5.50. The van der Waals surface area contributed by atoms with E-state index in [-0.39, 0.29) is 23.9 Å². The minimum atomic E-state index is -0.219. The molecule has 1 aliphatic rings. The highest BCUT2D eigenvalue weighted by Crippen LogP contribution is 2.26. The third-order valence-electron chi connectivity index (χ3n) is 4.65. The van der Waals surface area contributed by atoms with Gasteiger partial charge < -0.3 is 15.5 Å². The number of carbonyl (C=O) groups is 2. The van der Waals surface area contributed by atoms with Gasteiger partial charge in [-0.1, -0.05) is 29.8 Å². The van der Waals surface area contributed by atoms with Crippen LogP contribution in [-0.4, -0.2) is 36.0 Å². The van der Waals surface area contributed by atoms with Crippen molar-refractivity contribution in [3.05, 3.63) is 27.1 Å². The maximum atomic E-state index is 12.4. The van der Waals surface area contributed by atoms with E-state index in [1.807, 2.05) is 23.1 Å². The van der Waals surface area contributed by atoms with Gasteiger partial charge in [0.15, 0.2) is 0 Å². The van der Waals surface area contributed by atoms with Crippen molar-refractivity contribution in [2.75, 3.05) is 18.4 Å². The molecule has 1 aromatic rings. The molecule has 7 heteroatoms. The number of rotatable bonds is 5. The van der Waals surface area contributed by atoms with E-state index in [0.29, 0.717) is 18.8 Å². The van der Waals surface area contributed by atoms with E-state index in [2.05, 4.69) is 56.3 Å². The van der Waals surface area contributed by atoms with Gasteiger partial charge in [-0.05, 0) is 59.8 Å². The molecule has 1 aliphatic heterocycles. The Bertz CT molecular complexity index is 612. The van der Waals surface area contributed by atoms with Crippen LogP contribution in [0.15, 0.2) is 27.1 Å². The summed E-state index contributed by atoms with van der Waals surface area (Å²) in [4.78, 5) is 26.6. The first-order chi connectivity index (χ1) is 11.9. The Morgan fingerprint density at radius 3 is 2.44 bits per heavy atom. The van der Waals surface area contributed by atoms with E-state index in [4.69, 9.17) is 0 Å². The maximum Gasteiger partial charge on any atom is 0.319 e. The zero-order valence-corrected chi connectivity index (χ0v) is 17.8. The largest absolute Gasteiger partial charge is 0.342 e. The number of likely N-dealkylation sites (tertiary alicyclic amines) is 1. The summed E-state index contributed by atoms with van der Waals surface area (Å²) in [5.74, 6) is 0.382. The second-order valence-corrected chi connectivity index (χ2v) is 8.11. The summed E-state index contributed by atoms with van der Waals surface area (Å²) in [7, 11) is 0. The number of hydrogen-bond donors (Lipinski definition) is 2. The molecule has 0 saturated carbocycles. The smallest absolute Gasteiger partial charge is 0.319 e. The quantitative estimate of drug-likeness (QED) is 0.646. The molecule has 0 spiro atoms. The molecule has 3 amide bonds. The van der Waals surface area contributed by atoms with Crippen LogP contribution in [0, 0.1) is 5.92 Å². The first kappa shape index (κ1) is 20.2. The van der Waals surface area contributed by atoms with Crippen molar-refractivity contribution in [2.24, 2.45) is 5.92 Å². The van der Waals surface area contributed by atoms with Crippen molar-refractivity contribution in [3.8, 4) is 0 Å². The van der Waals surface area contributed by atoms with Crippen molar-refractivity contribution in [3.63, 3.8) is 0 Å². The van der Waals surface area contributed by atoms with Crippen LogP contribution in [-0.2, 0) is 4.79 Å². The highest BCUT2D eigenvalue weighted by Gasteiger charge is 2.27. The van der Waals surface area contributed by atoms with E-state index in [1.165, 1.54) is 0 Å². The number of halogens is 2. The van der Waals surface area contributed by atoms with Gasteiger partial charge in [0, 0.05) is 34.0 Å². The van der Waals surface area contributed by atoms with E-state index in [1.54, 1.807) is 0 Å². The molecular weight excluding hydrogens is 450 g/mol. The molecule has 2 N–H and O–H groups in total. The van der Waals surface area contributed by atoms with Crippen molar-refractivity contribution in [1.82, 2.24) is 10.2 Å². The molecular formula is C18H25Br2N3O2. The fraction of sp³-hybridized carbons (Fsp3) is 0.556. The van der Waals surface area contributed by atoms with Gasteiger partial charge in [-0.2, -0.15) is 0 Å². The minimum absolute atomic E-state index is 0.0941. The Kier molecular flexibility index (Phi) is 7.75. The van der Waals surface area contributed by atoms with Gasteiger partial charge in [0.05, 0.1) is 5.69 Å². The second kappa shape index (κ2) is 9.57. The van der Waals surface area contributed by atoms with Crippen molar-refractivity contribution in [2.45, 2.75) is 45.6 Å². The molecule has 0 aliphatic carbocycles. The fourth-order valence-corrected chi connectivity index (χ4v) is 3.78. The van der Waals surface area contributed by atoms with E-state index >= 15 is 0 Å². The molecule has 1 aromatic carbocycles. The van der Waals surface area contributed by atoms with Crippen LogP contribution in [0.1, 0.15) is 39.5 Å². The second-order valence-electron chi connectivity index (χ2n) is 6.34. The van der Waals surface area contributed by atoms with Crippen LogP contribution in [0.4, 0.5) is 10.5 Å². The lowest BCUT2D eigenvalue weighted by molar-refractivity contribution is -0.136. The molecule has 0 bridgehead atoms. The Labute approximate surface area is 166 Å². The SMILES string of the molecule is CCC(CC)C(=O)N1CCC(NC(=O)Nc2cc(Br)ccc2Br)CC1. The molecule has 1 fully saturated rings. The number of amides is 3. The van der Waals surface area contributed by atoms with E-state index < -0.39 is 0 Å². The summed E-state index contributed by atoms with van der Waals surface area (Å²) in [5.41, 5.74) is 0.716. The Morgan fingerprint density at radius 2 is 1.84 bits per heavy atom. The number of carbonyl (C=O) groups excluding carboxylic acids is 2. The molecule has 1 saturated heterocycles. The Morgan fingerprint density at radius 1 is 1.20 bits per heavy atom. The lowest BCUT2D eigenvalue weighted by atomic mass is 9.98. The van der Waals surface area contributed by atoms with Crippen molar-refractivity contribution < 1.29 is 9.59 Å². The third kappa shape index (κ3) is 5.71. The first-order valence-corrected chi connectivity index (χ1v) is 10.3. The molecule has 5 nitrogen and oxygen atoms in total. The molecule has 138 valence electrons. The van der Waals surface area contributed by atoms with Crippen LogP contribution in [0.2, 0.25) is 0 Å². The molecule has 0 radical (unpaired) electrons. The van der Waals surface area contributed by atoms with E-state index in [0.717, 1.165) is 34.6 Å². The van der Waals surface area contributed by atoms with Crippen molar-refractivity contribution >= 4 is 49.5 Å². The standard InChI is InChI=1S/C18H25Br2N3O2/c1-3-12(4-2)17(24)23-9-7-14(8-10-23)21-18(25)22-16-11-13(19)5-6-15(16)20/h5-6,11-12,14H,3-4,7-10H2,1-2H3,(H2,21,22,25). The molecule has 0 atom stereocenters. The van der Waals surface area contributed by atoms with Gasteiger partial charge >= 0.3 is 6.03 Å². The number of hydrogen-bond acceptors (Lipinski definition) is 2. The van der Waals surface area contributed by atoms with Gasteiger partial charge in [-0.15, -0.1) is 0 Å². The number of nitrogens with zero attached hydrogens (tertiary/aromatic N) is 1. The average molecular weight is 475 g/mol. The van der Waals surface area contributed by atoms with Crippen LogP contribution in [0.3, 0.4) is 0 Å². The number of piperidine rings is 1. The van der Waals surface area contributed by atoms with E-state index in [9.17, 15) is 9.59 Å². The van der Waals surface area contributed by atoms with Gasteiger partial charge in [-0.3, -0.25) is 4.79 Å². The molecule has 25 heavy (non-hydrogen) atoms. The summed E-state index contributed by atoms with van der Waals surface area (Å²) >= 11 is 6.83. The van der Waals surface area contributed by atoms with Crippen LogP contribution >= 0.6 is 31.9 Å². The predicted molar refractivity (Wildman–Crippen MR) is 108 cm³/mol. The van der Waals surface area contributed by atoms with Gasteiger partial charge in [0.25, 0.3) is 0 Å². The van der Waals surface area contributed by atoms with Gasteiger partial charge in [0.1, 0.15) is 0 Å². The monoisotopic (exact) mass is 473 g/mol. The number of benzene rings is 1. The number of anilines is 1. The summed E-state index contributed by atoms with van der Waals surface area (Å²) in [5, 5.41) is 5.87. The minimum Gasteiger partial charge on any atom is -0.342 e. The molecule has 0 aromatic heterocycles. The van der Waals surface area contributed by atoms with Crippen LogP contribution < -0.4 is 10.6 Å². The molecule has 1 heterocycles. The van der Waals surface area contributed by atoms with Crippen LogP contribution in [0.5, 0.6) is 0 Å². The normalized spacial score (nSPS) is 15.3. The highest BCUT2D eigenvalue weighted by molar-refractivity contribution is 9.11. The molecule has 2 rings (SSSR count). The maximum absolute atomic E-state index is 12.4. The summed E-state index contributed by atoms with van der Waals surface area (Å²) in [6.07, 6.45) is 3.35. The first-order valence-electron chi connectivity index (χ1n) is 8.75. The molecule has 0 unspecified atom stereocenters. The summed E-state index contributed by atoms with van der Waals surface area (Å²) in [6.45, 7) is 5.54. The van der Waals surface area contributed by atoms with Crippen molar-refractivity contribution in [1.29, 1.82) is 0 Å². The Hall–Kier alpha value is -1.08. The summed E-state index contributed by atoms with van der Waals surface area (Å²) < 4.78 is 1.73.